The second kappa shape index (κ2) is 5.31. The zero-order chi connectivity index (χ0) is 13.1. The highest BCUT2D eigenvalue weighted by molar-refractivity contribution is 7.09. The van der Waals surface area contributed by atoms with Crippen LogP contribution in [-0.2, 0) is 11.2 Å². The molecule has 0 aliphatic rings. The summed E-state index contributed by atoms with van der Waals surface area (Å²) >= 11 is 1.52. The van der Waals surface area contributed by atoms with Gasteiger partial charge in [-0.05, 0) is 44.0 Å². The molecule has 94 valence electrons. The number of carbonyl (C=O) groups is 1. The van der Waals surface area contributed by atoms with Gasteiger partial charge < -0.3 is 5.32 Å². The predicted octanol–water partition coefficient (Wildman–Crippen LogP) is 3.25. The molecule has 1 N–H and O–H groups in total. The number of amides is 1. The monoisotopic (exact) mass is 260 g/mol. The number of aryl methyl sites for hydroxylation is 3. The molecule has 0 atom stereocenters. The normalized spacial score (nSPS) is 10.4. The zero-order valence-electron chi connectivity index (χ0n) is 10.8. The van der Waals surface area contributed by atoms with Gasteiger partial charge in [0.2, 0.25) is 5.91 Å². The molecule has 1 aromatic carbocycles. The van der Waals surface area contributed by atoms with Crippen LogP contribution < -0.4 is 5.32 Å². The molecule has 1 aromatic heterocycles. The van der Waals surface area contributed by atoms with E-state index in [0.29, 0.717) is 6.42 Å². The van der Waals surface area contributed by atoms with Crippen molar-refractivity contribution in [3.05, 3.63) is 45.4 Å². The first-order chi connectivity index (χ1) is 8.54. The Kier molecular flexibility index (Phi) is 3.77. The van der Waals surface area contributed by atoms with Gasteiger partial charge in [0.25, 0.3) is 0 Å². The third kappa shape index (κ3) is 3.17. The van der Waals surface area contributed by atoms with Crippen LogP contribution in [0, 0.1) is 20.8 Å². The van der Waals surface area contributed by atoms with Gasteiger partial charge in [0.15, 0.2) is 0 Å². The average Bonchev–Trinajstić information content (AvgIpc) is 2.62. The van der Waals surface area contributed by atoms with Gasteiger partial charge in [-0.1, -0.05) is 6.07 Å². The van der Waals surface area contributed by atoms with E-state index in [1.54, 1.807) is 5.51 Å². The Labute approximate surface area is 111 Å². The molecule has 0 fully saturated rings. The zero-order valence-corrected chi connectivity index (χ0v) is 11.6. The molecule has 0 spiro atoms. The highest BCUT2D eigenvalue weighted by Gasteiger charge is 2.08. The van der Waals surface area contributed by atoms with Crippen LogP contribution in [0.4, 0.5) is 5.69 Å². The number of carbonyl (C=O) groups excluding carboxylic acids is 1. The highest BCUT2D eigenvalue weighted by Crippen LogP contribution is 2.16. The molecule has 2 rings (SSSR count). The van der Waals surface area contributed by atoms with Gasteiger partial charge in [-0.15, -0.1) is 11.3 Å². The topological polar surface area (TPSA) is 42.0 Å². The molecular weight excluding hydrogens is 244 g/mol. The molecule has 3 nitrogen and oxygen atoms in total. The first-order valence-electron chi connectivity index (χ1n) is 5.81. The lowest BCUT2D eigenvalue weighted by atomic mass is 10.1. The van der Waals surface area contributed by atoms with Crippen LogP contribution in [0.15, 0.2) is 23.7 Å². The molecule has 0 unspecified atom stereocenters. The summed E-state index contributed by atoms with van der Waals surface area (Å²) in [5.41, 5.74) is 5.88. The van der Waals surface area contributed by atoms with Crippen molar-refractivity contribution >= 4 is 22.9 Å². The smallest absolute Gasteiger partial charge is 0.229 e. The van der Waals surface area contributed by atoms with E-state index >= 15 is 0 Å². The van der Waals surface area contributed by atoms with Crippen LogP contribution in [0.5, 0.6) is 0 Å². The number of nitrogens with zero attached hydrogens (tertiary/aromatic N) is 1. The van der Waals surface area contributed by atoms with E-state index in [9.17, 15) is 4.79 Å². The Morgan fingerprint density at radius 3 is 2.44 bits per heavy atom. The van der Waals surface area contributed by atoms with Gasteiger partial charge in [-0.25, -0.2) is 4.98 Å². The number of hydrogen-bond acceptors (Lipinski definition) is 3. The summed E-state index contributed by atoms with van der Waals surface area (Å²) in [5.74, 6) is 0.00681. The van der Waals surface area contributed by atoms with Gasteiger partial charge in [0, 0.05) is 10.6 Å². The summed E-state index contributed by atoms with van der Waals surface area (Å²) in [4.78, 5) is 17.1. The third-order valence-electron chi connectivity index (χ3n) is 2.67. The second-order valence-electron chi connectivity index (χ2n) is 4.46. The minimum absolute atomic E-state index is 0.00681. The fourth-order valence-electron chi connectivity index (χ4n) is 1.89. The molecular formula is C14H16N2OS. The van der Waals surface area contributed by atoms with Gasteiger partial charge in [-0.2, -0.15) is 0 Å². The van der Waals surface area contributed by atoms with Crippen LogP contribution >= 0.6 is 11.3 Å². The van der Waals surface area contributed by atoms with Crippen molar-refractivity contribution < 1.29 is 4.79 Å². The fraction of sp³-hybridized carbons (Fsp3) is 0.286. The van der Waals surface area contributed by atoms with Gasteiger partial charge in [-0.3, -0.25) is 4.79 Å². The number of rotatable bonds is 3. The molecule has 2 aromatic rings. The maximum absolute atomic E-state index is 11.9. The Hall–Kier alpha value is -1.68. The van der Waals surface area contributed by atoms with Crippen LogP contribution in [0.1, 0.15) is 21.7 Å². The molecule has 4 heteroatoms. The summed E-state index contributed by atoms with van der Waals surface area (Å²) in [6.45, 7) is 5.97. The molecule has 18 heavy (non-hydrogen) atoms. The number of hydrogen-bond donors (Lipinski definition) is 1. The number of aromatic nitrogens is 1. The van der Waals surface area contributed by atoms with Crippen molar-refractivity contribution in [1.82, 2.24) is 4.98 Å². The standard InChI is InChI=1S/C14H16N2OS/c1-9-4-10(2)6-12(5-9)16-14(17)7-13-11(3)15-8-18-13/h4-6,8H,7H2,1-3H3,(H,16,17). The highest BCUT2D eigenvalue weighted by atomic mass is 32.1. The Balaban J connectivity index is 2.05. The van der Waals surface area contributed by atoms with Crippen LogP contribution in [0.3, 0.4) is 0 Å². The van der Waals surface area contributed by atoms with Crippen LogP contribution in [0.2, 0.25) is 0 Å². The van der Waals surface area contributed by atoms with Crippen molar-refractivity contribution in [2.75, 3.05) is 5.32 Å². The summed E-state index contributed by atoms with van der Waals surface area (Å²) in [6, 6.07) is 6.04. The first kappa shape index (κ1) is 12.8. The third-order valence-corrected chi connectivity index (χ3v) is 3.61. The van der Waals surface area contributed by atoms with Gasteiger partial charge >= 0.3 is 0 Å². The Morgan fingerprint density at radius 2 is 1.89 bits per heavy atom. The molecule has 0 saturated heterocycles. The van der Waals surface area contributed by atoms with E-state index in [-0.39, 0.29) is 5.91 Å². The van der Waals surface area contributed by atoms with E-state index in [1.165, 1.54) is 11.3 Å². The molecule has 1 heterocycles. The van der Waals surface area contributed by atoms with Crippen LogP contribution in [-0.4, -0.2) is 10.9 Å². The average molecular weight is 260 g/mol. The van der Waals surface area contributed by atoms with E-state index in [1.807, 2.05) is 32.9 Å². The summed E-state index contributed by atoms with van der Waals surface area (Å²) in [7, 11) is 0. The SMILES string of the molecule is Cc1cc(C)cc(NC(=O)Cc2scnc2C)c1. The maximum Gasteiger partial charge on any atom is 0.229 e. The number of anilines is 1. The predicted molar refractivity (Wildman–Crippen MR) is 75.1 cm³/mol. The van der Waals surface area contributed by atoms with Gasteiger partial charge in [0.1, 0.15) is 0 Å². The Bertz CT molecular complexity index is 555. The number of nitrogens with one attached hydrogen (secondary N) is 1. The summed E-state index contributed by atoms with van der Waals surface area (Å²) in [6.07, 6.45) is 0.392. The minimum atomic E-state index is 0.00681. The van der Waals surface area contributed by atoms with Crippen molar-refractivity contribution in [1.29, 1.82) is 0 Å². The lowest BCUT2D eigenvalue weighted by molar-refractivity contribution is -0.115. The second-order valence-corrected chi connectivity index (χ2v) is 5.40. The molecule has 0 aliphatic heterocycles. The Morgan fingerprint density at radius 1 is 1.22 bits per heavy atom. The number of thiazole rings is 1. The molecule has 0 radical (unpaired) electrons. The molecule has 0 bridgehead atoms. The van der Waals surface area contributed by atoms with Crippen molar-refractivity contribution in [3.63, 3.8) is 0 Å². The lowest BCUT2D eigenvalue weighted by Gasteiger charge is -2.07. The van der Waals surface area contributed by atoms with E-state index in [0.717, 1.165) is 27.4 Å². The molecule has 0 aliphatic carbocycles. The minimum Gasteiger partial charge on any atom is -0.326 e. The number of benzene rings is 1. The van der Waals surface area contributed by atoms with E-state index in [4.69, 9.17) is 0 Å². The summed E-state index contributed by atoms with van der Waals surface area (Å²) < 4.78 is 0. The fourth-order valence-corrected chi connectivity index (χ4v) is 2.67. The maximum atomic E-state index is 11.9. The van der Waals surface area contributed by atoms with Crippen molar-refractivity contribution in [2.45, 2.75) is 27.2 Å². The van der Waals surface area contributed by atoms with E-state index in [2.05, 4.69) is 16.4 Å². The quantitative estimate of drug-likeness (QED) is 0.920. The largest absolute Gasteiger partial charge is 0.326 e. The molecule has 0 saturated carbocycles. The molecule has 1 amide bonds. The van der Waals surface area contributed by atoms with Crippen molar-refractivity contribution in [2.24, 2.45) is 0 Å². The summed E-state index contributed by atoms with van der Waals surface area (Å²) in [5, 5.41) is 2.93. The lowest BCUT2D eigenvalue weighted by Crippen LogP contribution is -2.14. The van der Waals surface area contributed by atoms with E-state index < -0.39 is 0 Å². The van der Waals surface area contributed by atoms with Crippen molar-refractivity contribution in [3.8, 4) is 0 Å². The van der Waals surface area contributed by atoms with Gasteiger partial charge in [0.05, 0.1) is 17.6 Å². The van der Waals surface area contributed by atoms with Crippen LogP contribution in [0.25, 0.3) is 0 Å². The first-order valence-corrected chi connectivity index (χ1v) is 6.69.